The van der Waals surface area contributed by atoms with Crippen LogP contribution in [0.4, 0.5) is 11.4 Å². The van der Waals surface area contributed by atoms with Crippen LogP contribution < -0.4 is 16.0 Å². The zero-order valence-corrected chi connectivity index (χ0v) is 19.0. The summed E-state index contributed by atoms with van der Waals surface area (Å²) in [5.74, 6) is -0.570. The van der Waals surface area contributed by atoms with Crippen LogP contribution >= 0.6 is 0 Å². The molecule has 3 aromatic carbocycles. The average molecular weight is 458 g/mol. The van der Waals surface area contributed by atoms with Crippen LogP contribution in [0.3, 0.4) is 0 Å². The highest BCUT2D eigenvalue weighted by molar-refractivity contribution is 6.02. The highest BCUT2D eigenvalue weighted by atomic mass is 16.6. The fraction of sp³-hybridized carbons (Fsp3) is 0.231. The molecular weight excluding hydrogens is 430 g/mol. The van der Waals surface area contributed by atoms with E-state index in [9.17, 15) is 14.9 Å². The largest absolute Gasteiger partial charge is 0.282 e. The molecule has 0 unspecified atom stereocenters. The first-order valence-corrected chi connectivity index (χ1v) is 11.4. The van der Waals surface area contributed by atoms with Gasteiger partial charge >= 0.3 is 0 Å². The Morgan fingerprint density at radius 3 is 2.56 bits per heavy atom. The van der Waals surface area contributed by atoms with Crippen molar-refractivity contribution in [3.63, 3.8) is 0 Å². The lowest BCUT2D eigenvalue weighted by Crippen LogP contribution is -2.51. The van der Waals surface area contributed by atoms with Gasteiger partial charge in [-0.05, 0) is 36.8 Å². The molecule has 0 spiro atoms. The zero-order chi connectivity index (χ0) is 23.9. The number of hydrazine groups is 2. The number of rotatable bonds is 10. The number of hydrogen-bond acceptors (Lipinski definition) is 6. The van der Waals surface area contributed by atoms with Crippen LogP contribution in [0, 0.1) is 10.1 Å². The monoisotopic (exact) mass is 457 g/mol. The van der Waals surface area contributed by atoms with Crippen molar-refractivity contribution in [2.24, 2.45) is 0 Å². The SMILES string of the molecule is CCCCCCNN(NC(=O)c1ccccc1[N+](=O)[O-])c1cccc2nc3ccccc3cc12. The predicted molar refractivity (Wildman–Crippen MR) is 134 cm³/mol. The second kappa shape index (κ2) is 10.7. The van der Waals surface area contributed by atoms with Crippen molar-refractivity contribution in [2.75, 3.05) is 11.7 Å². The summed E-state index contributed by atoms with van der Waals surface area (Å²) in [5.41, 5.74) is 8.24. The van der Waals surface area contributed by atoms with Crippen molar-refractivity contribution in [3.8, 4) is 0 Å². The average Bonchev–Trinajstić information content (AvgIpc) is 2.86. The van der Waals surface area contributed by atoms with Gasteiger partial charge in [-0.1, -0.05) is 62.6 Å². The molecule has 0 saturated carbocycles. The van der Waals surface area contributed by atoms with Crippen molar-refractivity contribution < 1.29 is 9.72 Å². The highest BCUT2D eigenvalue weighted by Crippen LogP contribution is 2.28. The Bertz CT molecular complexity index is 1320. The minimum atomic E-state index is -0.570. The fourth-order valence-electron chi connectivity index (χ4n) is 3.89. The molecule has 2 N–H and O–H groups in total. The van der Waals surface area contributed by atoms with Gasteiger partial charge in [-0.15, -0.1) is 0 Å². The molecule has 4 aromatic rings. The summed E-state index contributed by atoms with van der Waals surface area (Å²) in [5, 5.41) is 14.8. The summed E-state index contributed by atoms with van der Waals surface area (Å²) >= 11 is 0. The molecule has 4 rings (SSSR count). The van der Waals surface area contributed by atoms with E-state index >= 15 is 0 Å². The van der Waals surface area contributed by atoms with Crippen molar-refractivity contribution in [2.45, 2.75) is 32.6 Å². The fourth-order valence-corrected chi connectivity index (χ4v) is 3.89. The Hall–Kier alpha value is -4.04. The van der Waals surface area contributed by atoms with Crippen molar-refractivity contribution >= 4 is 39.1 Å². The number of fused-ring (bicyclic) bond motifs is 2. The number of carbonyl (C=O) groups is 1. The maximum Gasteiger partial charge on any atom is 0.282 e. The molecule has 34 heavy (non-hydrogen) atoms. The molecule has 0 aliphatic rings. The minimum absolute atomic E-state index is 0.00547. The van der Waals surface area contributed by atoms with Crippen LogP contribution in [0.25, 0.3) is 21.8 Å². The number of anilines is 1. The van der Waals surface area contributed by atoms with E-state index in [1.54, 1.807) is 17.3 Å². The Morgan fingerprint density at radius 2 is 1.74 bits per heavy atom. The molecule has 1 amide bonds. The number of nitrogens with zero attached hydrogens (tertiary/aromatic N) is 3. The number of amides is 1. The van der Waals surface area contributed by atoms with Gasteiger partial charge in [0.1, 0.15) is 5.56 Å². The summed E-state index contributed by atoms with van der Waals surface area (Å²) in [6.07, 6.45) is 4.25. The van der Waals surface area contributed by atoms with E-state index in [0.717, 1.165) is 47.5 Å². The van der Waals surface area contributed by atoms with Crippen LogP contribution in [0.15, 0.2) is 72.8 Å². The molecule has 0 saturated heterocycles. The van der Waals surface area contributed by atoms with E-state index in [4.69, 9.17) is 4.98 Å². The van der Waals surface area contributed by atoms with Crippen molar-refractivity contribution in [1.29, 1.82) is 0 Å². The number of nitro groups is 1. The molecule has 1 aromatic heterocycles. The Kier molecular flexibility index (Phi) is 7.29. The minimum Gasteiger partial charge on any atom is -0.267 e. The molecule has 0 fully saturated rings. The quantitative estimate of drug-likeness (QED) is 0.140. The Labute approximate surface area is 197 Å². The van der Waals surface area contributed by atoms with Crippen LogP contribution in [-0.2, 0) is 0 Å². The highest BCUT2D eigenvalue weighted by Gasteiger charge is 2.22. The molecule has 0 radical (unpaired) electrons. The molecule has 0 aliphatic carbocycles. The molecule has 8 heteroatoms. The van der Waals surface area contributed by atoms with E-state index in [2.05, 4.69) is 17.8 Å². The van der Waals surface area contributed by atoms with E-state index in [1.165, 1.54) is 12.1 Å². The van der Waals surface area contributed by atoms with Gasteiger partial charge < -0.3 is 0 Å². The second-order valence-electron chi connectivity index (χ2n) is 8.04. The van der Waals surface area contributed by atoms with E-state index in [1.807, 2.05) is 48.5 Å². The van der Waals surface area contributed by atoms with Gasteiger partial charge in [0.15, 0.2) is 0 Å². The number of hydrogen-bond donors (Lipinski definition) is 2. The number of unbranched alkanes of at least 4 members (excludes halogenated alkanes) is 3. The predicted octanol–water partition coefficient (Wildman–Crippen LogP) is 5.53. The summed E-state index contributed by atoms with van der Waals surface area (Å²) in [6, 6.07) is 21.5. The van der Waals surface area contributed by atoms with E-state index in [-0.39, 0.29) is 11.3 Å². The standard InChI is InChI=1S/C26H27N5O3/c1-2-3-4-9-17-27-30(29-26(32)20-12-6-8-15-25(20)31(33)34)24-16-10-14-23-21(24)18-19-11-5-7-13-22(19)28-23/h5-8,10-16,18,27H,2-4,9,17H2,1H3,(H,29,32). The third-order valence-corrected chi connectivity index (χ3v) is 5.64. The van der Waals surface area contributed by atoms with Gasteiger partial charge in [-0.25, -0.2) is 21.0 Å². The van der Waals surface area contributed by atoms with Crippen LogP contribution in [0.1, 0.15) is 43.0 Å². The second-order valence-corrected chi connectivity index (χ2v) is 8.04. The number of nitro benzene ring substituents is 1. The maximum absolute atomic E-state index is 13.1. The molecule has 0 bridgehead atoms. The summed E-state index contributed by atoms with van der Waals surface area (Å²) in [7, 11) is 0. The van der Waals surface area contributed by atoms with Gasteiger partial charge in [0, 0.05) is 23.4 Å². The number of nitrogens with one attached hydrogen (secondary N) is 2. The number of pyridine rings is 1. The van der Waals surface area contributed by atoms with Crippen LogP contribution in [-0.4, -0.2) is 22.4 Å². The zero-order valence-electron chi connectivity index (χ0n) is 19.0. The summed E-state index contributed by atoms with van der Waals surface area (Å²) in [6.45, 7) is 2.79. The number of carbonyl (C=O) groups excluding carboxylic acids is 1. The van der Waals surface area contributed by atoms with Crippen LogP contribution in [0.2, 0.25) is 0 Å². The number of aromatic nitrogens is 1. The molecule has 0 aliphatic heterocycles. The molecule has 1 heterocycles. The maximum atomic E-state index is 13.1. The van der Waals surface area contributed by atoms with Gasteiger partial charge in [0.05, 0.1) is 21.6 Å². The van der Waals surface area contributed by atoms with Gasteiger partial charge in [0.25, 0.3) is 11.6 Å². The van der Waals surface area contributed by atoms with Gasteiger partial charge in [-0.3, -0.25) is 14.9 Å². The normalized spacial score (nSPS) is 11.0. The lowest BCUT2D eigenvalue weighted by atomic mass is 10.1. The summed E-state index contributed by atoms with van der Waals surface area (Å²) in [4.78, 5) is 28.8. The molecule has 174 valence electrons. The van der Waals surface area contributed by atoms with Crippen molar-refractivity contribution in [1.82, 2.24) is 15.8 Å². The van der Waals surface area contributed by atoms with Gasteiger partial charge in [0.2, 0.25) is 0 Å². The third kappa shape index (κ3) is 5.13. The molecule has 8 nitrogen and oxygen atoms in total. The summed E-state index contributed by atoms with van der Waals surface area (Å²) < 4.78 is 0. The number of para-hydroxylation sites is 2. The smallest absolute Gasteiger partial charge is 0.267 e. The third-order valence-electron chi connectivity index (χ3n) is 5.64. The molecule has 0 atom stereocenters. The van der Waals surface area contributed by atoms with E-state index < -0.39 is 10.8 Å². The lowest BCUT2D eigenvalue weighted by molar-refractivity contribution is -0.385. The Balaban J connectivity index is 1.70. The van der Waals surface area contributed by atoms with Gasteiger partial charge in [-0.2, -0.15) is 0 Å². The first kappa shape index (κ1) is 23.1. The Morgan fingerprint density at radius 1 is 0.971 bits per heavy atom. The van der Waals surface area contributed by atoms with E-state index in [0.29, 0.717) is 12.2 Å². The first-order valence-electron chi connectivity index (χ1n) is 11.4. The number of benzene rings is 3. The van der Waals surface area contributed by atoms with Crippen LogP contribution in [0.5, 0.6) is 0 Å². The lowest BCUT2D eigenvalue weighted by Gasteiger charge is -2.27. The van der Waals surface area contributed by atoms with Crippen molar-refractivity contribution in [3.05, 3.63) is 88.5 Å². The molecular formula is C26H27N5O3. The first-order chi connectivity index (χ1) is 16.6. The topological polar surface area (TPSA) is 100 Å².